The molecule has 0 aromatic heterocycles. The molecule has 1 saturated heterocycles. The van der Waals surface area contributed by atoms with Gasteiger partial charge in [-0.15, -0.1) is 0 Å². The number of carbonyl (C=O) groups is 1. The second-order valence-electron chi connectivity index (χ2n) is 7.08. The van der Waals surface area contributed by atoms with E-state index < -0.39 is 11.9 Å². The fourth-order valence-electron chi connectivity index (χ4n) is 3.94. The number of carboxylic acids is 1. The van der Waals surface area contributed by atoms with Crippen LogP contribution in [0.1, 0.15) is 30.0 Å². The van der Waals surface area contributed by atoms with Crippen molar-refractivity contribution >= 4 is 5.97 Å². The monoisotopic (exact) mass is 403 g/mol. The third kappa shape index (κ3) is 4.45. The van der Waals surface area contributed by atoms with Crippen molar-refractivity contribution in [3.8, 4) is 17.2 Å². The van der Waals surface area contributed by atoms with Gasteiger partial charge in [-0.2, -0.15) is 0 Å². The number of hydrogen-bond acceptors (Lipinski definition) is 5. The van der Waals surface area contributed by atoms with Gasteiger partial charge in [-0.1, -0.05) is 12.1 Å². The standard InChI is InChI=1S/C22H26FNO5/c1-27-18-12-20(29-3)19(28-2)11-17(18)21(14-6-8-16(23)9-7-14)24-10-4-5-15(13-24)22(25)26/h6-9,11-12,15,21H,4-5,10,13H2,1-3H3,(H,25,26). The maximum atomic E-state index is 13.6. The lowest BCUT2D eigenvalue weighted by Crippen LogP contribution is -2.41. The number of carboxylic acid groups (broad SMARTS) is 1. The molecule has 3 rings (SSSR count). The lowest BCUT2D eigenvalue weighted by Gasteiger charge is -2.38. The molecule has 2 unspecified atom stereocenters. The Morgan fingerprint density at radius 3 is 2.28 bits per heavy atom. The molecule has 156 valence electrons. The number of ether oxygens (including phenoxy) is 3. The molecule has 1 aliphatic heterocycles. The fraction of sp³-hybridized carbons (Fsp3) is 0.409. The predicted octanol–water partition coefficient (Wildman–Crippen LogP) is 3.74. The molecule has 1 N–H and O–H groups in total. The van der Waals surface area contributed by atoms with Crippen molar-refractivity contribution in [2.24, 2.45) is 5.92 Å². The maximum Gasteiger partial charge on any atom is 0.307 e. The number of nitrogens with zero attached hydrogens (tertiary/aromatic N) is 1. The Bertz CT molecular complexity index is 855. The number of halogens is 1. The summed E-state index contributed by atoms with van der Waals surface area (Å²) in [7, 11) is 4.68. The van der Waals surface area contributed by atoms with Gasteiger partial charge in [-0.3, -0.25) is 9.69 Å². The van der Waals surface area contributed by atoms with E-state index in [2.05, 4.69) is 4.90 Å². The zero-order valence-corrected chi connectivity index (χ0v) is 16.9. The molecule has 6 nitrogen and oxygen atoms in total. The molecule has 0 spiro atoms. The number of aliphatic carboxylic acids is 1. The van der Waals surface area contributed by atoms with E-state index in [-0.39, 0.29) is 11.9 Å². The molecule has 0 radical (unpaired) electrons. The van der Waals surface area contributed by atoms with Gasteiger partial charge in [0.1, 0.15) is 11.6 Å². The van der Waals surface area contributed by atoms with Crippen LogP contribution in [0.5, 0.6) is 17.2 Å². The highest BCUT2D eigenvalue weighted by molar-refractivity contribution is 5.70. The van der Waals surface area contributed by atoms with Gasteiger partial charge in [0.2, 0.25) is 0 Å². The van der Waals surface area contributed by atoms with E-state index >= 15 is 0 Å². The highest BCUT2D eigenvalue weighted by Gasteiger charge is 2.33. The largest absolute Gasteiger partial charge is 0.496 e. The summed E-state index contributed by atoms with van der Waals surface area (Å²) in [4.78, 5) is 13.7. The molecule has 0 bridgehead atoms. The number of methoxy groups -OCH3 is 3. The molecule has 1 aliphatic rings. The zero-order chi connectivity index (χ0) is 21.0. The Morgan fingerprint density at radius 1 is 1.07 bits per heavy atom. The van der Waals surface area contributed by atoms with E-state index in [1.807, 2.05) is 6.07 Å². The molecule has 0 aliphatic carbocycles. The number of likely N-dealkylation sites (tertiary alicyclic amines) is 1. The van der Waals surface area contributed by atoms with Crippen LogP contribution in [-0.2, 0) is 4.79 Å². The third-order valence-corrected chi connectivity index (χ3v) is 5.38. The van der Waals surface area contributed by atoms with E-state index in [4.69, 9.17) is 14.2 Å². The topological polar surface area (TPSA) is 68.2 Å². The Kier molecular flexibility index (Phi) is 6.59. The summed E-state index contributed by atoms with van der Waals surface area (Å²) in [5, 5.41) is 9.53. The minimum atomic E-state index is -0.799. The Hall–Kier alpha value is -2.80. The summed E-state index contributed by atoms with van der Waals surface area (Å²) in [5.41, 5.74) is 1.66. The molecule has 0 saturated carbocycles. The van der Waals surface area contributed by atoms with E-state index in [1.54, 1.807) is 39.5 Å². The van der Waals surface area contributed by atoms with Crippen LogP contribution >= 0.6 is 0 Å². The molecule has 2 aromatic carbocycles. The van der Waals surface area contributed by atoms with Crippen molar-refractivity contribution < 1.29 is 28.5 Å². The number of benzene rings is 2. The smallest absolute Gasteiger partial charge is 0.307 e. The first-order valence-electron chi connectivity index (χ1n) is 9.50. The lowest BCUT2D eigenvalue weighted by molar-refractivity contribution is -0.143. The number of piperidine rings is 1. The van der Waals surface area contributed by atoms with Gasteiger partial charge < -0.3 is 19.3 Å². The zero-order valence-electron chi connectivity index (χ0n) is 16.9. The van der Waals surface area contributed by atoms with Crippen molar-refractivity contribution in [1.82, 2.24) is 4.90 Å². The quantitative estimate of drug-likeness (QED) is 0.760. The van der Waals surface area contributed by atoms with Crippen molar-refractivity contribution in [1.29, 1.82) is 0 Å². The van der Waals surface area contributed by atoms with Gasteiger partial charge in [-0.05, 0) is 43.1 Å². The van der Waals surface area contributed by atoms with Crippen LogP contribution in [0.4, 0.5) is 4.39 Å². The van der Waals surface area contributed by atoms with Gasteiger partial charge in [0.05, 0.1) is 33.3 Å². The Balaban J connectivity index is 2.13. The van der Waals surface area contributed by atoms with Crippen LogP contribution in [0.25, 0.3) is 0 Å². The normalized spacial score (nSPS) is 18.1. The highest BCUT2D eigenvalue weighted by atomic mass is 19.1. The molecule has 2 atom stereocenters. The average Bonchev–Trinajstić information content (AvgIpc) is 2.75. The van der Waals surface area contributed by atoms with Crippen LogP contribution in [0.2, 0.25) is 0 Å². The molecule has 2 aromatic rings. The van der Waals surface area contributed by atoms with Crippen LogP contribution in [-0.4, -0.2) is 50.4 Å². The molecule has 7 heteroatoms. The van der Waals surface area contributed by atoms with Gasteiger partial charge in [-0.25, -0.2) is 4.39 Å². The maximum absolute atomic E-state index is 13.6. The second kappa shape index (κ2) is 9.13. The minimum Gasteiger partial charge on any atom is -0.496 e. The van der Waals surface area contributed by atoms with Gasteiger partial charge >= 0.3 is 5.97 Å². The summed E-state index contributed by atoms with van der Waals surface area (Å²) in [6.07, 6.45) is 1.41. The second-order valence-corrected chi connectivity index (χ2v) is 7.08. The first kappa shape index (κ1) is 20.9. The predicted molar refractivity (Wildman–Crippen MR) is 106 cm³/mol. The Labute approximate surface area is 169 Å². The third-order valence-electron chi connectivity index (χ3n) is 5.38. The van der Waals surface area contributed by atoms with E-state index in [9.17, 15) is 14.3 Å². The SMILES string of the molecule is COc1cc(OC)c(C(c2ccc(F)cc2)N2CCCC(C(=O)O)C2)cc1OC. The summed E-state index contributed by atoms with van der Waals surface area (Å²) in [6.45, 7) is 1.12. The van der Waals surface area contributed by atoms with Crippen LogP contribution in [0, 0.1) is 11.7 Å². The average molecular weight is 403 g/mol. The number of hydrogen-bond donors (Lipinski definition) is 1. The van der Waals surface area contributed by atoms with Crippen molar-refractivity contribution in [2.75, 3.05) is 34.4 Å². The molecular formula is C22H26FNO5. The van der Waals surface area contributed by atoms with Gasteiger partial charge in [0.25, 0.3) is 0 Å². The lowest BCUT2D eigenvalue weighted by atomic mass is 9.90. The van der Waals surface area contributed by atoms with Crippen LogP contribution < -0.4 is 14.2 Å². The van der Waals surface area contributed by atoms with Crippen molar-refractivity contribution in [2.45, 2.75) is 18.9 Å². The highest BCUT2D eigenvalue weighted by Crippen LogP contribution is 2.42. The van der Waals surface area contributed by atoms with Crippen LogP contribution in [0.15, 0.2) is 36.4 Å². The first-order chi connectivity index (χ1) is 14.0. The number of rotatable bonds is 7. The molecule has 29 heavy (non-hydrogen) atoms. The first-order valence-corrected chi connectivity index (χ1v) is 9.50. The summed E-state index contributed by atoms with van der Waals surface area (Å²) in [5.74, 6) is 0.100. The molecule has 1 fully saturated rings. The van der Waals surface area contributed by atoms with Crippen molar-refractivity contribution in [3.05, 3.63) is 53.3 Å². The van der Waals surface area contributed by atoms with Crippen LogP contribution in [0.3, 0.4) is 0 Å². The van der Waals surface area contributed by atoms with Crippen molar-refractivity contribution in [3.63, 3.8) is 0 Å². The summed E-state index contributed by atoms with van der Waals surface area (Å²) < 4.78 is 30.1. The molecule has 1 heterocycles. The van der Waals surface area contributed by atoms with Gasteiger partial charge in [0.15, 0.2) is 11.5 Å². The Morgan fingerprint density at radius 2 is 1.69 bits per heavy atom. The summed E-state index contributed by atoms with van der Waals surface area (Å²) in [6, 6.07) is 9.55. The molecular weight excluding hydrogens is 377 g/mol. The minimum absolute atomic E-state index is 0.312. The fourth-order valence-corrected chi connectivity index (χ4v) is 3.94. The van der Waals surface area contributed by atoms with E-state index in [0.29, 0.717) is 30.2 Å². The molecule has 0 amide bonds. The van der Waals surface area contributed by atoms with E-state index in [1.165, 1.54) is 12.1 Å². The van der Waals surface area contributed by atoms with Gasteiger partial charge in [0, 0.05) is 18.2 Å². The summed E-state index contributed by atoms with van der Waals surface area (Å²) >= 11 is 0. The van der Waals surface area contributed by atoms with E-state index in [0.717, 1.165) is 24.1 Å².